The minimum atomic E-state index is -0.659. The fraction of sp³-hybridized carbons (Fsp3) is 0.688. The molecule has 0 aliphatic carbocycles. The smallest absolute Gasteiger partial charge is 0.303 e. The van der Waals surface area contributed by atoms with E-state index in [1.807, 2.05) is 30.3 Å². The van der Waals surface area contributed by atoms with Gasteiger partial charge in [-0.2, -0.15) is 21.0 Å². The molecule has 0 radical (unpaired) electrons. The van der Waals surface area contributed by atoms with Crippen LogP contribution in [0.25, 0.3) is 11.1 Å². The average molecular weight is 1060 g/mol. The summed E-state index contributed by atoms with van der Waals surface area (Å²) in [7, 11) is 0. The lowest BCUT2D eigenvalue weighted by atomic mass is 9.90. The maximum Gasteiger partial charge on any atom is 0.303 e. The molecule has 0 saturated heterocycles. The number of carboxylic acid groups (broad SMARTS) is 4. The van der Waals surface area contributed by atoms with Crippen molar-refractivity contribution in [2.75, 3.05) is 0 Å². The second-order valence-corrected chi connectivity index (χ2v) is 19.8. The van der Waals surface area contributed by atoms with Gasteiger partial charge in [0.05, 0.1) is 22.3 Å². The molecule has 0 fully saturated rings. The number of hydrogen-bond acceptors (Lipinski definition) is 8. The zero-order chi connectivity index (χ0) is 57.1. The first-order chi connectivity index (χ1) is 36.8. The van der Waals surface area contributed by atoms with Crippen LogP contribution in [-0.2, 0) is 19.2 Å². The number of carbonyl (C=O) groups is 4. The highest BCUT2D eigenvalue weighted by Crippen LogP contribution is 2.30. The molecule has 4 N–H and O–H groups in total. The Bertz CT molecular complexity index is 1780. The number of carboxylic acids is 4. The van der Waals surface area contributed by atoms with E-state index in [4.69, 9.17) is 30.9 Å². The standard InChI is InChI=1S/C16H6N4.4C12H24O2/c17-7-12-6-13(11-4-2-1-3-5-11)15(9-19)16(10-20)14(12)8-18;4*1-2-3-4-5-6-7-8-9-10-11-12(13)14/h1-6H;4*2-11H2,1H3,(H,13,14). The third-order valence-corrected chi connectivity index (χ3v) is 12.8. The first kappa shape index (κ1) is 74.5. The highest BCUT2D eigenvalue weighted by Gasteiger charge is 2.19. The van der Waals surface area contributed by atoms with Gasteiger partial charge in [-0.05, 0) is 37.3 Å². The van der Waals surface area contributed by atoms with Crippen molar-refractivity contribution >= 4 is 23.9 Å². The summed E-state index contributed by atoms with van der Waals surface area (Å²) in [6.07, 6.45) is 45.9. The van der Waals surface area contributed by atoms with Crippen LogP contribution in [0.5, 0.6) is 0 Å². The second kappa shape index (κ2) is 58.5. The number of benzene rings is 2. The molecule has 0 aliphatic heterocycles. The molecule has 0 unspecified atom stereocenters. The van der Waals surface area contributed by atoms with E-state index in [2.05, 4.69) is 27.7 Å². The number of nitriles is 4. The zero-order valence-corrected chi connectivity index (χ0v) is 48.0. The molecular formula is C64H102N4O8. The molecule has 0 amide bonds. The van der Waals surface area contributed by atoms with Crippen LogP contribution in [0.4, 0.5) is 0 Å². The maximum atomic E-state index is 10.2. The van der Waals surface area contributed by atoms with Crippen LogP contribution in [0.15, 0.2) is 36.4 Å². The van der Waals surface area contributed by atoms with Crippen LogP contribution in [0.2, 0.25) is 0 Å². The van der Waals surface area contributed by atoms with E-state index >= 15 is 0 Å². The lowest BCUT2D eigenvalue weighted by Gasteiger charge is -2.08. The summed E-state index contributed by atoms with van der Waals surface area (Å²) in [6, 6.07) is 18.0. The van der Waals surface area contributed by atoms with Gasteiger partial charge in [0.25, 0.3) is 0 Å². The van der Waals surface area contributed by atoms with Gasteiger partial charge in [0.15, 0.2) is 0 Å². The van der Waals surface area contributed by atoms with E-state index in [0.717, 1.165) is 56.9 Å². The Balaban J connectivity index is -0.000000886. The van der Waals surface area contributed by atoms with Gasteiger partial charge >= 0.3 is 23.9 Å². The molecule has 12 heteroatoms. The molecule has 0 atom stereocenters. The van der Waals surface area contributed by atoms with E-state index in [-0.39, 0.29) is 22.3 Å². The number of unbranched alkanes of at least 4 members (excludes halogenated alkanes) is 32. The van der Waals surface area contributed by atoms with E-state index < -0.39 is 23.9 Å². The molecule has 0 saturated carbocycles. The maximum absolute atomic E-state index is 10.2. The predicted molar refractivity (Wildman–Crippen MR) is 309 cm³/mol. The van der Waals surface area contributed by atoms with Crippen LogP contribution in [0.3, 0.4) is 0 Å². The molecule has 76 heavy (non-hydrogen) atoms. The summed E-state index contributed by atoms with van der Waals surface area (Å²) in [5.41, 5.74) is 1.33. The lowest BCUT2D eigenvalue weighted by molar-refractivity contribution is -0.138. The Hall–Kier alpha value is -5.72. The third kappa shape index (κ3) is 50.4. The van der Waals surface area contributed by atoms with Gasteiger partial charge < -0.3 is 20.4 Å². The number of nitrogens with zero attached hydrogens (tertiary/aromatic N) is 4. The van der Waals surface area contributed by atoms with Crippen LogP contribution < -0.4 is 0 Å². The van der Waals surface area contributed by atoms with Gasteiger partial charge in [-0.25, -0.2) is 0 Å². The van der Waals surface area contributed by atoms with E-state index in [0.29, 0.717) is 31.2 Å². The first-order valence-corrected chi connectivity index (χ1v) is 29.6. The Morgan fingerprint density at radius 3 is 0.776 bits per heavy atom. The fourth-order valence-corrected chi connectivity index (χ4v) is 8.31. The Morgan fingerprint density at radius 1 is 0.329 bits per heavy atom. The van der Waals surface area contributed by atoms with Crippen molar-refractivity contribution in [2.24, 2.45) is 0 Å². The molecule has 0 aromatic heterocycles. The third-order valence-electron chi connectivity index (χ3n) is 12.8. The summed E-state index contributed by atoms with van der Waals surface area (Å²) in [4.78, 5) is 40.8. The van der Waals surface area contributed by atoms with Crippen LogP contribution in [0.1, 0.15) is 307 Å². The highest BCUT2D eigenvalue weighted by molar-refractivity contribution is 5.78. The largest absolute Gasteiger partial charge is 0.481 e. The Kier molecular flexibility index (Phi) is 57.4. The van der Waals surface area contributed by atoms with Crippen molar-refractivity contribution in [3.63, 3.8) is 0 Å². The molecule has 426 valence electrons. The summed E-state index contributed by atoms with van der Waals surface area (Å²) in [6.45, 7) is 8.91. The van der Waals surface area contributed by atoms with Gasteiger partial charge in [0.2, 0.25) is 0 Å². The predicted octanol–water partition coefficient (Wildman–Crippen LogP) is 18.8. The molecule has 0 spiro atoms. The second-order valence-electron chi connectivity index (χ2n) is 19.8. The number of hydrogen-bond donors (Lipinski definition) is 4. The van der Waals surface area contributed by atoms with Crippen molar-refractivity contribution in [1.29, 1.82) is 21.0 Å². The minimum absolute atomic E-state index is 0.0482. The minimum Gasteiger partial charge on any atom is -0.481 e. The molecule has 2 rings (SSSR count). The molecule has 0 bridgehead atoms. The molecule has 0 heterocycles. The molecule has 2 aromatic rings. The van der Waals surface area contributed by atoms with E-state index in [1.54, 1.807) is 24.3 Å². The molecule has 0 aliphatic rings. The fourth-order valence-electron chi connectivity index (χ4n) is 8.31. The number of rotatable bonds is 41. The Morgan fingerprint density at radius 2 is 0.566 bits per heavy atom. The molecular weight excluding hydrogens is 953 g/mol. The van der Waals surface area contributed by atoms with Crippen LogP contribution >= 0.6 is 0 Å². The topological polar surface area (TPSA) is 244 Å². The lowest BCUT2D eigenvalue weighted by Crippen LogP contribution is -1.98. The summed E-state index contributed by atoms with van der Waals surface area (Å²) in [5, 5.41) is 70.3. The van der Waals surface area contributed by atoms with Gasteiger partial charge in [-0.15, -0.1) is 0 Å². The summed E-state index contributed by atoms with van der Waals surface area (Å²) < 4.78 is 0. The van der Waals surface area contributed by atoms with E-state index in [9.17, 15) is 29.7 Å². The zero-order valence-electron chi connectivity index (χ0n) is 48.0. The quantitative estimate of drug-likeness (QED) is 0.0454. The molecule has 2 aromatic carbocycles. The number of aliphatic carboxylic acids is 4. The van der Waals surface area contributed by atoms with Crippen molar-refractivity contribution < 1.29 is 39.6 Å². The van der Waals surface area contributed by atoms with Gasteiger partial charge in [0, 0.05) is 31.2 Å². The van der Waals surface area contributed by atoms with Crippen LogP contribution in [-0.4, -0.2) is 44.3 Å². The first-order valence-electron chi connectivity index (χ1n) is 29.6. The average Bonchev–Trinajstić information content (AvgIpc) is 3.41. The molecule has 12 nitrogen and oxygen atoms in total. The highest BCUT2D eigenvalue weighted by atomic mass is 16.4. The SMILES string of the molecule is CCCCCCCCCCCC(=O)O.CCCCCCCCCCCC(=O)O.CCCCCCCCCCCC(=O)O.CCCCCCCCCCCC(=O)O.N#Cc1cc(-c2ccccc2)c(C#N)c(C#N)c1C#N. The van der Waals surface area contributed by atoms with Crippen molar-refractivity contribution in [1.82, 2.24) is 0 Å². The van der Waals surface area contributed by atoms with Crippen LogP contribution in [0, 0.1) is 45.3 Å². The van der Waals surface area contributed by atoms with Gasteiger partial charge in [-0.1, -0.05) is 263 Å². The van der Waals surface area contributed by atoms with Crippen molar-refractivity contribution in [3.05, 3.63) is 58.7 Å². The van der Waals surface area contributed by atoms with Crippen molar-refractivity contribution in [3.8, 4) is 35.4 Å². The normalized spacial score (nSPS) is 9.95. The van der Waals surface area contributed by atoms with Crippen molar-refractivity contribution in [2.45, 2.75) is 285 Å². The van der Waals surface area contributed by atoms with Gasteiger partial charge in [0.1, 0.15) is 24.3 Å². The Labute approximate surface area is 461 Å². The summed E-state index contributed by atoms with van der Waals surface area (Å²) in [5.74, 6) is -2.64. The van der Waals surface area contributed by atoms with Gasteiger partial charge in [-0.3, -0.25) is 19.2 Å². The summed E-state index contributed by atoms with van der Waals surface area (Å²) >= 11 is 0. The van der Waals surface area contributed by atoms with E-state index in [1.165, 1.54) is 186 Å². The monoisotopic (exact) mass is 1050 g/mol.